The number of oxime groups is 1. The number of esters is 1. The highest BCUT2D eigenvalue weighted by atomic mass is 32.2. The minimum absolute atomic E-state index is 0.0339. The van der Waals surface area contributed by atoms with Gasteiger partial charge in [-0.1, -0.05) is 120 Å². The number of allylic oxidation sites excluding steroid dienone is 1. The Morgan fingerprint density at radius 3 is 2.11 bits per heavy atom. The second-order valence-electron chi connectivity index (χ2n) is 12.9. The van der Waals surface area contributed by atoms with Gasteiger partial charge in [0.15, 0.2) is 10.8 Å². The molecule has 57 heavy (non-hydrogen) atoms. The summed E-state index contributed by atoms with van der Waals surface area (Å²) in [4.78, 5) is 52.5. The van der Waals surface area contributed by atoms with Gasteiger partial charge in [-0.15, -0.1) is 23.1 Å². The molecular formula is C43H39N5O7S2. The minimum atomic E-state index is -0.976. The van der Waals surface area contributed by atoms with Gasteiger partial charge in [0.05, 0.1) is 13.7 Å². The van der Waals surface area contributed by atoms with Crippen molar-refractivity contribution in [2.24, 2.45) is 5.16 Å². The molecule has 3 heterocycles. The van der Waals surface area contributed by atoms with Crippen molar-refractivity contribution in [3.05, 3.63) is 172 Å². The number of thioether (sulfide) groups is 1. The van der Waals surface area contributed by atoms with Crippen molar-refractivity contribution < 1.29 is 33.8 Å². The molecule has 1 aromatic heterocycles. The molecule has 7 rings (SSSR count). The van der Waals surface area contributed by atoms with Crippen molar-refractivity contribution in [2.45, 2.75) is 23.6 Å². The van der Waals surface area contributed by atoms with E-state index in [-0.39, 0.29) is 30.3 Å². The molecule has 0 aliphatic carbocycles. The lowest BCUT2D eigenvalue weighted by Crippen LogP contribution is -2.71. The lowest BCUT2D eigenvalue weighted by atomic mass is 9.77. The van der Waals surface area contributed by atoms with Gasteiger partial charge in [0.25, 0.3) is 11.8 Å². The molecular weight excluding hydrogens is 763 g/mol. The van der Waals surface area contributed by atoms with E-state index in [2.05, 4.69) is 52.2 Å². The summed E-state index contributed by atoms with van der Waals surface area (Å²) >= 11 is 2.67. The molecule has 0 saturated carbocycles. The number of amides is 2. The summed E-state index contributed by atoms with van der Waals surface area (Å²) in [7, 11) is 2.89. The molecule has 2 aliphatic rings. The molecule has 5 aromatic rings. The summed E-state index contributed by atoms with van der Waals surface area (Å²) in [6.45, 7) is -0.284. The quantitative estimate of drug-likeness (QED) is 0.0387. The fourth-order valence-electron chi connectivity index (χ4n) is 6.78. The highest BCUT2D eigenvalue weighted by Gasteiger charge is 2.54. The predicted molar refractivity (Wildman–Crippen MR) is 220 cm³/mol. The zero-order valence-corrected chi connectivity index (χ0v) is 32.7. The number of β-lactam (4-membered cyclic amide) rings is 1. The number of aliphatic hydroxyl groups excluding tert-OH is 1. The molecule has 4 aromatic carbocycles. The summed E-state index contributed by atoms with van der Waals surface area (Å²) in [5.74, 6) is -0.879. The molecule has 1 fully saturated rings. The van der Waals surface area contributed by atoms with Gasteiger partial charge in [0.2, 0.25) is 0 Å². The maximum absolute atomic E-state index is 13.9. The number of aromatic nitrogens is 1. The first-order chi connectivity index (χ1) is 27.9. The Kier molecular flexibility index (Phi) is 12.1. The van der Waals surface area contributed by atoms with Crippen molar-refractivity contribution in [3.63, 3.8) is 0 Å². The summed E-state index contributed by atoms with van der Waals surface area (Å²) < 4.78 is 10.8. The maximum Gasteiger partial charge on any atom is 0.355 e. The third kappa shape index (κ3) is 8.05. The van der Waals surface area contributed by atoms with Crippen molar-refractivity contribution in [2.75, 3.05) is 31.9 Å². The molecule has 290 valence electrons. The van der Waals surface area contributed by atoms with E-state index in [0.717, 1.165) is 22.3 Å². The average Bonchev–Trinajstić information content (AvgIpc) is 3.73. The van der Waals surface area contributed by atoms with Crippen molar-refractivity contribution in [1.82, 2.24) is 15.2 Å². The molecule has 1 unspecified atom stereocenters. The van der Waals surface area contributed by atoms with Crippen LogP contribution in [0.25, 0.3) is 0 Å². The van der Waals surface area contributed by atoms with Crippen LogP contribution in [0.3, 0.4) is 0 Å². The minimum Gasteiger partial charge on any atom is -0.497 e. The number of carbonyl (C=O) groups is 3. The van der Waals surface area contributed by atoms with Crippen molar-refractivity contribution >= 4 is 51.7 Å². The van der Waals surface area contributed by atoms with Crippen LogP contribution in [0.4, 0.5) is 5.13 Å². The highest BCUT2D eigenvalue weighted by molar-refractivity contribution is 8.00. The lowest BCUT2D eigenvalue weighted by Gasteiger charge is -2.49. The number of anilines is 1. The van der Waals surface area contributed by atoms with Gasteiger partial charge < -0.3 is 30.1 Å². The predicted octanol–water partition coefficient (Wildman–Crippen LogP) is 5.85. The van der Waals surface area contributed by atoms with Crippen LogP contribution in [0, 0.1) is 0 Å². The third-order valence-corrected chi connectivity index (χ3v) is 11.6. The van der Waals surface area contributed by atoms with Gasteiger partial charge in [-0.2, -0.15) is 0 Å². The fraction of sp³-hybridized carbons (Fsp3) is 0.186. The zero-order chi connectivity index (χ0) is 39.8. The molecule has 12 nitrogen and oxygen atoms in total. The Morgan fingerprint density at radius 2 is 1.54 bits per heavy atom. The molecule has 2 amide bonds. The molecule has 0 radical (unpaired) electrons. The zero-order valence-electron chi connectivity index (χ0n) is 31.0. The molecule has 0 bridgehead atoms. The summed E-state index contributed by atoms with van der Waals surface area (Å²) in [6.07, 6.45) is 3.09. The Hall–Kier alpha value is -6.22. The number of nitrogens with zero attached hydrogens (tertiary/aromatic N) is 3. The van der Waals surface area contributed by atoms with Crippen molar-refractivity contribution in [3.8, 4) is 5.75 Å². The van der Waals surface area contributed by atoms with E-state index in [1.807, 2.05) is 54.6 Å². The number of carbonyl (C=O) groups excluding carboxylic acids is 3. The number of hydrogen-bond acceptors (Lipinski definition) is 12. The Balaban J connectivity index is 1.12. The number of fused-ring (bicyclic) bond motifs is 1. The molecule has 2 aliphatic heterocycles. The van der Waals surface area contributed by atoms with Crippen LogP contribution in [0.15, 0.2) is 149 Å². The average molecular weight is 802 g/mol. The van der Waals surface area contributed by atoms with Gasteiger partial charge in [-0.05, 0) is 40.0 Å². The Morgan fingerprint density at radius 1 is 0.930 bits per heavy atom. The normalized spacial score (nSPS) is 16.8. The molecule has 14 heteroatoms. The van der Waals surface area contributed by atoms with Crippen LogP contribution in [0.1, 0.15) is 27.9 Å². The first-order valence-corrected chi connectivity index (χ1v) is 19.9. The number of hydrogen-bond donors (Lipinski definition) is 3. The van der Waals surface area contributed by atoms with Gasteiger partial charge in [-0.3, -0.25) is 14.5 Å². The topological polar surface area (TPSA) is 152 Å². The van der Waals surface area contributed by atoms with Gasteiger partial charge in [0.1, 0.15) is 47.8 Å². The van der Waals surface area contributed by atoms with E-state index in [1.165, 1.54) is 41.2 Å². The number of nitrogens with one attached hydrogen (secondary N) is 2. The summed E-state index contributed by atoms with van der Waals surface area (Å²) in [6, 6.07) is 36.3. The van der Waals surface area contributed by atoms with E-state index < -0.39 is 34.7 Å². The van der Waals surface area contributed by atoms with Crippen molar-refractivity contribution in [1.29, 1.82) is 0 Å². The second-order valence-corrected chi connectivity index (χ2v) is 14.8. The lowest BCUT2D eigenvalue weighted by molar-refractivity contribution is -0.153. The van der Waals surface area contributed by atoms with Crippen LogP contribution in [-0.2, 0) is 36.1 Å². The van der Waals surface area contributed by atoms with E-state index in [1.54, 1.807) is 42.8 Å². The Bertz CT molecular complexity index is 2200. The number of benzene rings is 4. The van der Waals surface area contributed by atoms with E-state index >= 15 is 0 Å². The smallest absolute Gasteiger partial charge is 0.355 e. The SMILES string of the molecule is CO/N=C(\C(=O)NC1C(=O)N2C(C(=O)OCc3ccc(OC)cc3)=C(/C=C\CO)CS[C@H]12)c1csc(NC(c2ccccc2)(c2ccccc2)c2ccccc2)n1. The van der Waals surface area contributed by atoms with E-state index in [4.69, 9.17) is 19.3 Å². The van der Waals surface area contributed by atoms with E-state index in [0.29, 0.717) is 22.2 Å². The first-order valence-electron chi connectivity index (χ1n) is 18.0. The monoisotopic (exact) mass is 801 g/mol. The molecule has 3 N–H and O–H groups in total. The number of ether oxygens (including phenoxy) is 2. The standard InChI is InChI=1S/C43H39N5O7S2/c1-53-33-22-20-28(21-23-33)25-55-41(52)37-29(13-12-24-49)26-56-40-36(39(51)48(37)40)45-38(50)35(47-54-2)34-27-57-42(44-34)46-43(30-14-6-3-7-15-30,31-16-8-4-9-17-31)32-18-10-5-11-19-32/h3-23,27,36,40,49H,24-26H2,1-2H3,(H,44,46)(H,45,50)/b13-12-,47-35-/t36?,40-/m1/s1. The first kappa shape index (κ1) is 39.0. The maximum atomic E-state index is 13.9. The van der Waals surface area contributed by atoms with Crippen LogP contribution in [0.2, 0.25) is 0 Å². The molecule has 2 atom stereocenters. The highest BCUT2D eigenvalue weighted by Crippen LogP contribution is 2.42. The molecule has 1 saturated heterocycles. The van der Waals surface area contributed by atoms with Gasteiger partial charge in [-0.25, -0.2) is 9.78 Å². The number of thiazole rings is 1. The van der Waals surface area contributed by atoms with Gasteiger partial charge >= 0.3 is 5.97 Å². The van der Waals surface area contributed by atoms with Crippen LogP contribution in [-0.4, -0.2) is 76.5 Å². The van der Waals surface area contributed by atoms with Gasteiger partial charge in [0, 0.05) is 11.1 Å². The fourth-order valence-corrected chi connectivity index (χ4v) is 8.85. The Labute approximate surface area is 337 Å². The number of aliphatic hydroxyl groups is 1. The largest absolute Gasteiger partial charge is 0.497 e. The second kappa shape index (κ2) is 17.7. The third-order valence-electron chi connectivity index (χ3n) is 9.49. The number of rotatable bonds is 15. The summed E-state index contributed by atoms with van der Waals surface area (Å²) in [5.41, 5.74) is 3.51. The number of methoxy groups -OCH3 is 1. The van der Waals surface area contributed by atoms with Crippen LogP contribution in [0.5, 0.6) is 5.75 Å². The van der Waals surface area contributed by atoms with E-state index in [9.17, 15) is 19.5 Å². The van der Waals surface area contributed by atoms with Crippen LogP contribution < -0.4 is 15.4 Å². The molecule has 0 spiro atoms. The van der Waals surface area contributed by atoms with Crippen LogP contribution >= 0.6 is 23.1 Å². The summed E-state index contributed by atoms with van der Waals surface area (Å²) in [5, 5.41) is 21.6.